The van der Waals surface area contributed by atoms with Crippen molar-refractivity contribution < 1.29 is 14.9 Å². The lowest BCUT2D eigenvalue weighted by Crippen LogP contribution is -2.22. The van der Waals surface area contributed by atoms with Gasteiger partial charge in [0, 0.05) is 0 Å². The number of benzene rings is 1. The van der Waals surface area contributed by atoms with Crippen LogP contribution in [-0.4, -0.2) is 29.0 Å². The van der Waals surface area contributed by atoms with Gasteiger partial charge in [-0.1, -0.05) is 36.4 Å². The summed E-state index contributed by atoms with van der Waals surface area (Å²) in [7, 11) is 0. The molecule has 3 heteroatoms. The van der Waals surface area contributed by atoms with E-state index in [1.165, 1.54) is 0 Å². The normalized spacial score (nSPS) is 23.8. The Balaban J connectivity index is 1.72. The fourth-order valence-corrected chi connectivity index (χ4v) is 2.16. The van der Waals surface area contributed by atoms with E-state index in [0.29, 0.717) is 32.5 Å². The van der Waals surface area contributed by atoms with E-state index in [2.05, 4.69) is 0 Å². The standard InChI is InChI=1S/C15H20O3/c16-14-6-7-15(17)13(10-14)8-9-18-11-12-4-2-1-3-5-12/h1-5,10,14-17H,6-9,11H2/t14-,15+/m0/s1. The molecule has 3 nitrogen and oxygen atoms in total. The SMILES string of the molecule is O[C@@H]1C=C(CCOCc2ccccc2)[C@H](O)CC1. The van der Waals surface area contributed by atoms with Crippen molar-refractivity contribution in [3.8, 4) is 0 Å². The maximum atomic E-state index is 9.77. The molecular weight excluding hydrogens is 228 g/mol. The Morgan fingerprint density at radius 3 is 2.67 bits per heavy atom. The molecule has 0 unspecified atom stereocenters. The topological polar surface area (TPSA) is 49.7 Å². The zero-order valence-corrected chi connectivity index (χ0v) is 10.5. The minimum absolute atomic E-state index is 0.405. The van der Waals surface area contributed by atoms with Gasteiger partial charge in [-0.2, -0.15) is 0 Å². The molecule has 1 aromatic rings. The number of hydrogen-bond donors (Lipinski definition) is 2. The molecule has 0 spiro atoms. The van der Waals surface area contributed by atoms with Crippen molar-refractivity contribution in [1.29, 1.82) is 0 Å². The van der Waals surface area contributed by atoms with Crippen molar-refractivity contribution in [2.45, 2.75) is 38.1 Å². The first-order valence-corrected chi connectivity index (χ1v) is 6.44. The number of ether oxygens (including phenoxy) is 1. The second kappa shape index (κ2) is 6.69. The summed E-state index contributed by atoms with van der Waals surface area (Å²) in [6.45, 7) is 1.16. The zero-order chi connectivity index (χ0) is 12.8. The zero-order valence-electron chi connectivity index (χ0n) is 10.5. The van der Waals surface area contributed by atoms with E-state index in [4.69, 9.17) is 4.74 Å². The number of hydrogen-bond acceptors (Lipinski definition) is 3. The van der Waals surface area contributed by atoms with E-state index in [1.807, 2.05) is 30.3 Å². The fraction of sp³-hybridized carbons (Fsp3) is 0.467. The molecule has 0 bridgehead atoms. The number of rotatable bonds is 5. The smallest absolute Gasteiger partial charge is 0.0753 e. The van der Waals surface area contributed by atoms with Gasteiger partial charge >= 0.3 is 0 Å². The highest BCUT2D eigenvalue weighted by Crippen LogP contribution is 2.21. The van der Waals surface area contributed by atoms with Gasteiger partial charge in [0.25, 0.3) is 0 Å². The molecule has 1 aliphatic carbocycles. The van der Waals surface area contributed by atoms with E-state index >= 15 is 0 Å². The van der Waals surface area contributed by atoms with E-state index in [-0.39, 0.29) is 0 Å². The van der Waals surface area contributed by atoms with Gasteiger partial charge in [0.05, 0.1) is 25.4 Å². The van der Waals surface area contributed by atoms with Crippen LogP contribution in [-0.2, 0) is 11.3 Å². The van der Waals surface area contributed by atoms with Crippen LogP contribution in [0.25, 0.3) is 0 Å². The molecule has 1 aliphatic rings. The first kappa shape index (κ1) is 13.3. The molecule has 0 heterocycles. The van der Waals surface area contributed by atoms with Crippen LogP contribution in [0.5, 0.6) is 0 Å². The molecule has 0 aliphatic heterocycles. The van der Waals surface area contributed by atoms with E-state index in [0.717, 1.165) is 11.1 Å². The maximum absolute atomic E-state index is 9.77. The summed E-state index contributed by atoms with van der Waals surface area (Å²) < 4.78 is 5.57. The Hall–Kier alpha value is -1.16. The summed E-state index contributed by atoms with van der Waals surface area (Å²) in [5, 5.41) is 19.3. The van der Waals surface area contributed by atoms with Crippen molar-refractivity contribution in [2.75, 3.05) is 6.61 Å². The lowest BCUT2D eigenvalue weighted by molar-refractivity contribution is 0.104. The number of aliphatic hydroxyl groups excluding tert-OH is 2. The summed E-state index contributed by atoms with van der Waals surface area (Å²) in [4.78, 5) is 0. The van der Waals surface area contributed by atoms with Crippen LogP contribution in [0.1, 0.15) is 24.8 Å². The quantitative estimate of drug-likeness (QED) is 0.619. The Morgan fingerprint density at radius 2 is 1.89 bits per heavy atom. The summed E-state index contributed by atoms with van der Waals surface area (Å²) in [5.74, 6) is 0. The molecule has 0 saturated carbocycles. The molecule has 1 aromatic carbocycles. The molecule has 0 amide bonds. The van der Waals surface area contributed by atoms with Gasteiger partial charge in [-0.15, -0.1) is 0 Å². The van der Waals surface area contributed by atoms with Gasteiger partial charge in [0.1, 0.15) is 0 Å². The third-order valence-electron chi connectivity index (χ3n) is 3.22. The molecule has 98 valence electrons. The minimum atomic E-state index is -0.409. The monoisotopic (exact) mass is 248 g/mol. The molecule has 2 atom stereocenters. The maximum Gasteiger partial charge on any atom is 0.0753 e. The van der Waals surface area contributed by atoms with Gasteiger partial charge in [-0.3, -0.25) is 0 Å². The first-order valence-electron chi connectivity index (χ1n) is 6.44. The summed E-state index contributed by atoms with van der Waals surface area (Å²) >= 11 is 0. The second-order valence-electron chi connectivity index (χ2n) is 4.69. The molecule has 0 radical (unpaired) electrons. The molecule has 0 saturated heterocycles. The Bertz CT molecular complexity index is 386. The fourth-order valence-electron chi connectivity index (χ4n) is 2.16. The van der Waals surface area contributed by atoms with Gasteiger partial charge in [0.15, 0.2) is 0 Å². The van der Waals surface area contributed by atoms with Crippen LogP contribution in [0.2, 0.25) is 0 Å². The van der Waals surface area contributed by atoms with E-state index in [1.54, 1.807) is 6.08 Å². The molecular formula is C15H20O3. The van der Waals surface area contributed by atoms with Crippen molar-refractivity contribution in [3.63, 3.8) is 0 Å². The first-order chi connectivity index (χ1) is 8.75. The average molecular weight is 248 g/mol. The predicted octanol–water partition coefficient (Wildman–Crippen LogP) is 2.04. The van der Waals surface area contributed by atoms with Gasteiger partial charge in [0.2, 0.25) is 0 Å². The predicted molar refractivity (Wildman–Crippen MR) is 70.0 cm³/mol. The molecule has 2 N–H and O–H groups in total. The lowest BCUT2D eigenvalue weighted by atomic mass is 9.93. The van der Waals surface area contributed by atoms with Crippen LogP contribution < -0.4 is 0 Å². The van der Waals surface area contributed by atoms with Gasteiger partial charge in [-0.05, 0) is 30.4 Å². The minimum Gasteiger partial charge on any atom is -0.389 e. The van der Waals surface area contributed by atoms with E-state index < -0.39 is 12.2 Å². The number of aliphatic hydroxyl groups is 2. The van der Waals surface area contributed by atoms with Gasteiger partial charge < -0.3 is 14.9 Å². The molecule has 0 aromatic heterocycles. The van der Waals surface area contributed by atoms with Crippen molar-refractivity contribution in [3.05, 3.63) is 47.5 Å². The van der Waals surface area contributed by atoms with Crippen molar-refractivity contribution >= 4 is 0 Å². The Morgan fingerprint density at radius 1 is 1.11 bits per heavy atom. The van der Waals surface area contributed by atoms with E-state index in [9.17, 15) is 10.2 Å². The summed E-state index contributed by atoms with van der Waals surface area (Å²) in [5.41, 5.74) is 2.05. The summed E-state index contributed by atoms with van der Waals surface area (Å²) in [6.07, 6.45) is 2.93. The van der Waals surface area contributed by atoms with Crippen molar-refractivity contribution in [2.24, 2.45) is 0 Å². The highest BCUT2D eigenvalue weighted by Gasteiger charge is 2.18. The average Bonchev–Trinajstić information content (AvgIpc) is 2.40. The largest absolute Gasteiger partial charge is 0.389 e. The lowest BCUT2D eigenvalue weighted by Gasteiger charge is -2.22. The van der Waals surface area contributed by atoms with Gasteiger partial charge in [-0.25, -0.2) is 0 Å². The summed E-state index contributed by atoms with van der Waals surface area (Å²) in [6, 6.07) is 10.0. The second-order valence-corrected chi connectivity index (χ2v) is 4.69. The third-order valence-corrected chi connectivity index (χ3v) is 3.22. The Labute approximate surface area is 108 Å². The third kappa shape index (κ3) is 3.95. The molecule has 0 fully saturated rings. The highest BCUT2D eigenvalue weighted by atomic mass is 16.5. The van der Waals surface area contributed by atoms with Crippen LogP contribution in [0.4, 0.5) is 0 Å². The molecule has 2 rings (SSSR count). The van der Waals surface area contributed by atoms with Crippen LogP contribution in [0.3, 0.4) is 0 Å². The molecule has 18 heavy (non-hydrogen) atoms. The Kier molecular flexibility index (Phi) is 4.93. The van der Waals surface area contributed by atoms with Crippen LogP contribution >= 0.6 is 0 Å². The van der Waals surface area contributed by atoms with Crippen LogP contribution in [0, 0.1) is 0 Å². The van der Waals surface area contributed by atoms with Crippen LogP contribution in [0.15, 0.2) is 42.0 Å². The highest BCUT2D eigenvalue weighted by molar-refractivity contribution is 5.15. The van der Waals surface area contributed by atoms with Crippen molar-refractivity contribution in [1.82, 2.24) is 0 Å².